The van der Waals surface area contributed by atoms with Crippen molar-refractivity contribution in [3.63, 3.8) is 0 Å². The zero-order valence-corrected chi connectivity index (χ0v) is 16.9. The van der Waals surface area contributed by atoms with Crippen LogP contribution < -0.4 is 21.3 Å². The second-order valence-electron chi connectivity index (χ2n) is 6.05. The van der Waals surface area contributed by atoms with E-state index in [2.05, 4.69) is 21.3 Å². The molecule has 0 atom stereocenters. The third kappa shape index (κ3) is 3.90. The molecule has 2 saturated heterocycles. The molecule has 0 bridgehead atoms. The van der Waals surface area contributed by atoms with E-state index in [1.54, 1.807) is 0 Å². The van der Waals surface area contributed by atoms with Crippen LogP contribution in [0.15, 0.2) is 0 Å². The highest BCUT2D eigenvalue weighted by atomic mass is 32.1. The first-order valence-electron chi connectivity index (χ1n) is 8.47. The van der Waals surface area contributed by atoms with Gasteiger partial charge in [0, 0.05) is 0 Å². The number of thiocarbonyl (C=S) groups is 2. The molecule has 0 aromatic heterocycles. The standard InChI is InChI=1S/2C8H12N2O2S/c2*1-3-8(4-2)5(11)9-7(13)10-6(8)12/h2*3-4H2,1-2H3,(H2,9,10,11,12,13). The molecule has 4 N–H and O–H groups in total. The first-order valence-corrected chi connectivity index (χ1v) is 9.28. The van der Waals surface area contributed by atoms with E-state index in [4.69, 9.17) is 24.4 Å². The van der Waals surface area contributed by atoms with Gasteiger partial charge in [-0.2, -0.15) is 0 Å². The van der Waals surface area contributed by atoms with Crippen LogP contribution >= 0.6 is 24.4 Å². The maximum Gasteiger partial charge on any atom is 0.241 e. The van der Waals surface area contributed by atoms with Gasteiger partial charge in [-0.3, -0.25) is 19.2 Å². The average Bonchev–Trinajstić information content (AvgIpc) is 2.56. The molecule has 0 unspecified atom stereocenters. The third-order valence-corrected chi connectivity index (χ3v) is 5.47. The van der Waals surface area contributed by atoms with Crippen molar-refractivity contribution >= 4 is 58.3 Å². The molecule has 2 heterocycles. The van der Waals surface area contributed by atoms with E-state index in [-0.39, 0.29) is 33.9 Å². The summed E-state index contributed by atoms with van der Waals surface area (Å²) in [7, 11) is 0. The van der Waals surface area contributed by atoms with Crippen LogP contribution in [0.3, 0.4) is 0 Å². The van der Waals surface area contributed by atoms with Gasteiger partial charge in [0.2, 0.25) is 23.6 Å². The van der Waals surface area contributed by atoms with Gasteiger partial charge in [-0.1, -0.05) is 27.7 Å². The summed E-state index contributed by atoms with van der Waals surface area (Å²) in [6, 6.07) is 0. The van der Waals surface area contributed by atoms with E-state index in [1.165, 1.54) is 0 Å². The van der Waals surface area contributed by atoms with Crippen molar-refractivity contribution in [3.05, 3.63) is 0 Å². The van der Waals surface area contributed by atoms with Gasteiger partial charge in [0.1, 0.15) is 10.8 Å². The Kier molecular flexibility index (Phi) is 7.34. The summed E-state index contributed by atoms with van der Waals surface area (Å²) in [6.07, 6.45) is 1.96. The Labute approximate surface area is 163 Å². The van der Waals surface area contributed by atoms with Gasteiger partial charge in [0.15, 0.2) is 10.2 Å². The Hall–Kier alpha value is -1.94. The molecule has 10 heteroatoms. The van der Waals surface area contributed by atoms with Crippen LogP contribution in [0, 0.1) is 10.8 Å². The van der Waals surface area contributed by atoms with Gasteiger partial charge in [-0.05, 0) is 50.1 Å². The van der Waals surface area contributed by atoms with Crippen molar-refractivity contribution in [2.45, 2.75) is 53.4 Å². The fourth-order valence-corrected chi connectivity index (χ4v) is 3.31. The number of rotatable bonds is 4. The maximum absolute atomic E-state index is 11.5. The molecule has 4 amide bonds. The number of carbonyl (C=O) groups excluding carboxylic acids is 4. The normalized spacial score (nSPS) is 20.9. The van der Waals surface area contributed by atoms with E-state index < -0.39 is 10.8 Å². The average molecular weight is 401 g/mol. The molecular weight excluding hydrogens is 376 g/mol. The molecule has 0 aromatic carbocycles. The summed E-state index contributed by atoms with van der Waals surface area (Å²) < 4.78 is 0. The molecule has 2 aliphatic rings. The Morgan fingerprint density at radius 1 is 0.577 bits per heavy atom. The van der Waals surface area contributed by atoms with Crippen molar-refractivity contribution in [3.8, 4) is 0 Å². The molecule has 2 aliphatic heterocycles. The molecule has 26 heavy (non-hydrogen) atoms. The maximum atomic E-state index is 11.5. The molecule has 0 spiro atoms. The number of hydrogen-bond donors (Lipinski definition) is 4. The van der Waals surface area contributed by atoms with Crippen LogP contribution in [-0.4, -0.2) is 33.9 Å². The second-order valence-corrected chi connectivity index (χ2v) is 6.87. The minimum atomic E-state index is -0.928. The fourth-order valence-electron chi connectivity index (χ4n) is 2.94. The summed E-state index contributed by atoms with van der Waals surface area (Å²) in [4.78, 5) is 46.2. The SMILES string of the molecule is CCC1(CC)C(=O)NC(=S)NC1=O.CCC1(CC)C(=O)NC(=S)NC1=O. The summed E-state index contributed by atoms with van der Waals surface area (Å²) in [6.45, 7) is 7.27. The first-order chi connectivity index (χ1) is 12.1. The van der Waals surface area contributed by atoms with Gasteiger partial charge in [0.25, 0.3) is 0 Å². The lowest BCUT2D eigenvalue weighted by atomic mass is 9.79. The van der Waals surface area contributed by atoms with E-state index in [1.807, 2.05) is 27.7 Å². The van der Waals surface area contributed by atoms with Crippen LogP contribution in [0.25, 0.3) is 0 Å². The molecule has 0 radical (unpaired) electrons. The van der Waals surface area contributed by atoms with Crippen molar-refractivity contribution in [2.75, 3.05) is 0 Å². The predicted molar refractivity (Wildman–Crippen MR) is 104 cm³/mol. The molecule has 0 aliphatic carbocycles. The van der Waals surface area contributed by atoms with Gasteiger partial charge < -0.3 is 21.3 Å². The summed E-state index contributed by atoms with van der Waals surface area (Å²) in [5.41, 5.74) is -1.86. The number of amides is 4. The van der Waals surface area contributed by atoms with Crippen molar-refractivity contribution in [1.29, 1.82) is 0 Å². The molecule has 2 fully saturated rings. The minimum Gasteiger partial charge on any atom is -0.302 e. The Bertz CT molecular complexity index is 555. The van der Waals surface area contributed by atoms with E-state index in [0.29, 0.717) is 25.7 Å². The van der Waals surface area contributed by atoms with Crippen LogP contribution in [0.2, 0.25) is 0 Å². The lowest BCUT2D eigenvalue weighted by Gasteiger charge is -2.33. The Morgan fingerprint density at radius 2 is 0.769 bits per heavy atom. The van der Waals surface area contributed by atoms with Crippen molar-refractivity contribution in [2.24, 2.45) is 10.8 Å². The number of nitrogens with one attached hydrogen (secondary N) is 4. The fraction of sp³-hybridized carbons (Fsp3) is 0.625. The van der Waals surface area contributed by atoms with Crippen LogP contribution in [-0.2, 0) is 19.2 Å². The quantitative estimate of drug-likeness (QED) is 0.407. The lowest BCUT2D eigenvalue weighted by Crippen LogP contribution is -2.61. The van der Waals surface area contributed by atoms with E-state index in [9.17, 15) is 19.2 Å². The molecular formula is C16H24N4O4S2. The van der Waals surface area contributed by atoms with Gasteiger partial charge in [0.05, 0.1) is 0 Å². The Morgan fingerprint density at radius 3 is 0.923 bits per heavy atom. The molecule has 0 aromatic rings. The van der Waals surface area contributed by atoms with Gasteiger partial charge >= 0.3 is 0 Å². The zero-order chi connectivity index (χ0) is 20.1. The molecule has 2 rings (SSSR count). The second kappa shape index (κ2) is 8.63. The van der Waals surface area contributed by atoms with E-state index in [0.717, 1.165) is 0 Å². The van der Waals surface area contributed by atoms with Gasteiger partial charge in [-0.15, -0.1) is 0 Å². The van der Waals surface area contributed by atoms with Crippen LogP contribution in [0.1, 0.15) is 53.4 Å². The monoisotopic (exact) mass is 400 g/mol. The largest absolute Gasteiger partial charge is 0.302 e. The van der Waals surface area contributed by atoms with Crippen molar-refractivity contribution < 1.29 is 19.2 Å². The highest BCUT2D eigenvalue weighted by Gasteiger charge is 2.47. The van der Waals surface area contributed by atoms with E-state index >= 15 is 0 Å². The smallest absolute Gasteiger partial charge is 0.241 e. The molecule has 0 saturated carbocycles. The predicted octanol–water partition coefficient (Wildman–Crippen LogP) is 0.647. The number of carbonyl (C=O) groups is 4. The highest BCUT2D eigenvalue weighted by molar-refractivity contribution is 7.80. The van der Waals surface area contributed by atoms with Gasteiger partial charge in [-0.25, -0.2) is 0 Å². The number of hydrogen-bond acceptors (Lipinski definition) is 6. The topological polar surface area (TPSA) is 116 Å². The van der Waals surface area contributed by atoms with Crippen molar-refractivity contribution in [1.82, 2.24) is 21.3 Å². The summed E-state index contributed by atoms with van der Waals surface area (Å²) in [5, 5.41) is 10.1. The zero-order valence-electron chi connectivity index (χ0n) is 15.3. The lowest BCUT2D eigenvalue weighted by molar-refractivity contribution is -0.145. The Balaban J connectivity index is 0.000000260. The summed E-state index contributed by atoms with van der Waals surface area (Å²) >= 11 is 9.39. The summed E-state index contributed by atoms with van der Waals surface area (Å²) in [5.74, 6) is -1.14. The van der Waals surface area contributed by atoms with Crippen LogP contribution in [0.4, 0.5) is 0 Å². The highest BCUT2D eigenvalue weighted by Crippen LogP contribution is 2.29. The molecule has 144 valence electrons. The third-order valence-electron chi connectivity index (χ3n) is 5.06. The molecule has 8 nitrogen and oxygen atoms in total. The minimum absolute atomic E-state index is 0.104. The first kappa shape index (κ1) is 22.1. The van der Waals surface area contributed by atoms with Crippen LogP contribution in [0.5, 0.6) is 0 Å².